The molecule has 3 aromatic rings. The minimum absolute atomic E-state index is 0.430. The molecule has 3 aromatic heterocycles. The van der Waals surface area contributed by atoms with Crippen molar-refractivity contribution in [2.45, 2.75) is 32.1 Å². The van der Waals surface area contributed by atoms with Crippen LogP contribution in [0, 0.1) is 0 Å². The molecule has 0 saturated carbocycles. The molecule has 1 atom stereocenters. The van der Waals surface area contributed by atoms with Crippen molar-refractivity contribution in [1.82, 2.24) is 29.5 Å². The Balaban J connectivity index is 2.01. The predicted molar refractivity (Wildman–Crippen MR) is 95.8 cm³/mol. The lowest BCUT2D eigenvalue weighted by atomic mass is 9.97. The lowest BCUT2D eigenvalue weighted by molar-refractivity contribution is 0.553. The molecule has 0 radical (unpaired) electrons. The van der Waals surface area contributed by atoms with Gasteiger partial charge in [0.15, 0.2) is 11.5 Å². The van der Waals surface area contributed by atoms with Crippen LogP contribution in [0.3, 0.4) is 0 Å². The van der Waals surface area contributed by atoms with E-state index in [0.29, 0.717) is 11.7 Å². The molecule has 1 unspecified atom stereocenters. The molecule has 24 heavy (non-hydrogen) atoms. The number of aryl methyl sites for hydroxylation is 1. The van der Waals surface area contributed by atoms with Crippen LogP contribution in [0.2, 0.25) is 0 Å². The summed E-state index contributed by atoms with van der Waals surface area (Å²) in [6.07, 6.45) is 11.0. The maximum Gasteiger partial charge on any atom is 0.180 e. The van der Waals surface area contributed by atoms with Gasteiger partial charge in [-0.1, -0.05) is 6.92 Å². The molecule has 3 N–H and O–H groups in total. The van der Waals surface area contributed by atoms with Gasteiger partial charge in [-0.25, -0.2) is 9.97 Å². The normalized spacial score (nSPS) is 12.8. The zero-order chi connectivity index (χ0) is 17.1. The molecule has 0 spiro atoms. The van der Waals surface area contributed by atoms with Crippen molar-refractivity contribution in [3.8, 4) is 11.3 Å². The van der Waals surface area contributed by atoms with Gasteiger partial charge in [0.25, 0.3) is 0 Å². The summed E-state index contributed by atoms with van der Waals surface area (Å²) in [6, 6.07) is 0. The van der Waals surface area contributed by atoms with Crippen LogP contribution in [-0.2, 0) is 7.05 Å². The van der Waals surface area contributed by atoms with Crippen LogP contribution >= 0.6 is 0 Å². The van der Waals surface area contributed by atoms with Gasteiger partial charge in [0.05, 0.1) is 23.8 Å². The molecule has 0 aliphatic heterocycles. The number of nitrogens with zero attached hydrogens (tertiary/aromatic N) is 5. The molecule has 0 saturated heterocycles. The number of rotatable bonds is 7. The van der Waals surface area contributed by atoms with E-state index < -0.39 is 0 Å². The van der Waals surface area contributed by atoms with Gasteiger partial charge >= 0.3 is 0 Å². The van der Waals surface area contributed by atoms with E-state index in [9.17, 15) is 0 Å². The van der Waals surface area contributed by atoms with Gasteiger partial charge in [-0.05, 0) is 32.9 Å². The first kappa shape index (κ1) is 16.4. The Labute approximate surface area is 141 Å². The molecule has 3 heterocycles. The number of nitrogens with one attached hydrogen (secondary N) is 1. The van der Waals surface area contributed by atoms with E-state index in [-0.39, 0.29) is 0 Å². The largest absolute Gasteiger partial charge is 0.381 e. The predicted octanol–water partition coefficient (Wildman–Crippen LogP) is 2.21. The van der Waals surface area contributed by atoms with Crippen LogP contribution in [0.5, 0.6) is 0 Å². The highest BCUT2D eigenvalue weighted by Crippen LogP contribution is 2.28. The second-order valence-electron chi connectivity index (χ2n) is 6.14. The van der Waals surface area contributed by atoms with Gasteiger partial charge in [0.2, 0.25) is 0 Å². The van der Waals surface area contributed by atoms with Gasteiger partial charge in [-0.15, -0.1) is 0 Å². The number of imidazole rings is 1. The van der Waals surface area contributed by atoms with Crippen LogP contribution in [0.25, 0.3) is 16.9 Å². The molecule has 0 amide bonds. The summed E-state index contributed by atoms with van der Waals surface area (Å²) >= 11 is 0. The third-order valence-corrected chi connectivity index (χ3v) is 4.43. The van der Waals surface area contributed by atoms with Gasteiger partial charge in [-0.3, -0.25) is 9.08 Å². The first-order valence-electron chi connectivity index (χ1n) is 8.41. The number of nitrogens with two attached hydrogens (primary N) is 1. The highest BCUT2D eigenvalue weighted by molar-refractivity contribution is 5.68. The zero-order valence-electron chi connectivity index (χ0n) is 14.5. The van der Waals surface area contributed by atoms with Crippen LogP contribution in [-0.4, -0.2) is 37.7 Å². The van der Waals surface area contributed by atoms with E-state index >= 15 is 0 Å². The Hall–Kier alpha value is -2.41. The van der Waals surface area contributed by atoms with Gasteiger partial charge in [-0.2, -0.15) is 5.10 Å². The summed E-state index contributed by atoms with van der Waals surface area (Å²) in [7, 11) is 3.89. The average Bonchev–Trinajstić information content (AvgIpc) is 3.19. The number of hydrogen-bond donors (Lipinski definition) is 2. The zero-order valence-corrected chi connectivity index (χ0v) is 14.5. The quantitative estimate of drug-likeness (QED) is 0.650. The minimum atomic E-state index is 0.430. The molecule has 3 rings (SSSR count). The van der Waals surface area contributed by atoms with E-state index in [1.54, 1.807) is 10.9 Å². The molecule has 0 fully saturated rings. The Morgan fingerprint density at radius 1 is 1.29 bits per heavy atom. The summed E-state index contributed by atoms with van der Waals surface area (Å²) in [5, 5.41) is 7.45. The van der Waals surface area contributed by atoms with Crippen molar-refractivity contribution >= 4 is 11.5 Å². The molecule has 128 valence electrons. The average molecular weight is 327 g/mol. The Bertz CT molecular complexity index is 818. The minimum Gasteiger partial charge on any atom is -0.381 e. The Kier molecular flexibility index (Phi) is 4.80. The van der Waals surface area contributed by atoms with Crippen LogP contribution < -0.4 is 11.1 Å². The van der Waals surface area contributed by atoms with Crippen molar-refractivity contribution in [1.29, 1.82) is 0 Å². The Morgan fingerprint density at radius 2 is 2.12 bits per heavy atom. The molecule has 7 heteroatoms. The number of aromatic nitrogens is 5. The fraction of sp³-hybridized carbons (Fsp3) is 0.471. The lowest BCUT2D eigenvalue weighted by Crippen LogP contribution is -2.09. The smallest absolute Gasteiger partial charge is 0.180 e. The van der Waals surface area contributed by atoms with Crippen LogP contribution in [0.15, 0.2) is 24.8 Å². The molecule has 7 nitrogen and oxygen atoms in total. The molecular formula is C17H25N7. The number of hydrogen-bond acceptors (Lipinski definition) is 5. The van der Waals surface area contributed by atoms with Crippen LogP contribution in [0.1, 0.15) is 37.8 Å². The van der Waals surface area contributed by atoms with Gasteiger partial charge in [0.1, 0.15) is 0 Å². The molecule has 0 aliphatic carbocycles. The van der Waals surface area contributed by atoms with Crippen molar-refractivity contribution in [3.05, 3.63) is 30.5 Å². The van der Waals surface area contributed by atoms with Gasteiger partial charge in [0, 0.05) is 30.9 Å². The van der Waals surface area contributed by atoms with Gasteiger partial charge < -0.3 is 11.1 Å². The first-order valence-corrected chi connectivity index (χ1v) is 8.41. The second kappa shape index (κ2) is 7.00. The fourth-order valence-corrected chi connectivity index (χ4v) is 3.06. The SMILES string of the molecule is CCC(CCCNC)c1cn2c(-c3cnn(C)c3)cnc(N)c2n1. The third kappa shape index (κ3) is 3.12. The lowest BCUT2D eigenvalue weighted by Gasteiger charge is -2.11. The third-order valence-electron chi connectivity index (χ3n) is 4.43. The monoisotopic (exact) mass is 327 g/mol. The van der Waals surface area contributed by atoms with E-state index in [4.69, 9.17) is 10.7 Å². The molecule has 0 aromatic carbocycles. The molecular weight excluding hydrogens is 302 g/mol. The highest BCUT2D eigenvalue weighted by atomic mass is 15.2. The number of anilines is 1. The molecule has 0 bridgehead atoms. The number of fused-ring (bicyclic) bond motifs is 1. The van der Waals surface area contributed by atoms with E-state index in [2.05, 4.69) is 28.5 Å². The summed E-state index contributed by atoms with van der Waals surface area (Å²) in [4.78, 5) is 9.10. The second-order valence-corrected chi connectivity index (χ2v) is 6.14. The standard InChI is InChI=1S/C17H25N7/c1-4-12(6-5-7-19-2)14-11-24-15(13-8-21-23(3)10-13)9-20-16(18)17(24)22-14/h8-12,19H,4-7H2,1-3H3,(H2,18,20). The van der Waals surface area contributed by atoms with Crippen molar-refractivity contribution in [2.75, 3.05) is 19.3 Å². The summed E-state index contributed by atoms with van der Waals surface area (Å²) < 4.78 is 3.82. The topological polar surface area (TPSA) is 86.1 Å². The Morgan fingerprint density at radius 3 is 2.79 bits per heavy atom. The summed E-state index contributed by atoms with van der Waals surface area (Å²) in [5.41, 5.74) is 9.82. The van der Waals surface area contributed by atoms with Crippen molar-refractivity contribution < 1.29 is 0 Å². The van der Waals surface area contributed by atoms with Crippen molar-refractivity contribution in [2.24, 2.45) is 7.05 Å². The first-order chi connectivity index (χ1) is 11.6. The highest BCUT2D eigenvalue weighted by Gasteiger charge is 2.17. The van der Waals surface area contributed by atoms with Crippen molar-refractivity contribution in [3.63, 3.8) is 0 Å². The molecule has 0 aliphatic rings. The van der Waals surface area contributed by atoms with E-state index in [1.165, 1.54) is 0 Å². The maximum absolute atomic E-state index is 6.06. The fourth-order valence-electron chi connectivity index (χ4n) is 3.06. The van der Waals surface area contributed by atoms with E-state index in [0.717, 1.165) is 48.4 Å². The maximum atomic E-state index is 6.06. The summed E-state index contributed by atoms with van der Waals surface area (Å²) in [6.45, 7) is 3.23. The van der Waals surface area contributed by atoms with Crippen LogP contribution in [0.4, 0.5) is 5.82 Å². The number of nitrogen functional groups attached to an aromatic ring is 1. The summed E-state index contributed by atoms with van der Waals surface area (Å²) in [5.74, 6) is 0.887. The van der Waals surface area contributed by atoms with E-state index in [1.807, 2.05) is 30.9 Å².